The highest BCUT2D eigenvalue weighted by molar-refractivity contribution is 7.92. The topological polar surface area (TPSA) is 67.2 Å². The molecule has 0 spiro atoms. The van der Waals surface area contributed by atoms with Crippen molar-refractivity contribution >= 4 is 9.84 Å². The fourth-order valence-corrected chi connectivity index (χ4v) is 5.67. The highest BCUT2D eigenvalue weighted by atomic mass is 32.2. The maximum absolute atomic E-state index is 13.2. The van der Waals surface area contributed by atoms with E-state index in [-0.39, 0.29) is 11.5 Å². The van der Waals surface area contributed by atoms with E-state index in [2.05, 4.69) is 6.07 Å². The molecular formula is C18H16FNO3S. The molecule has 2 aromatic rings. The molecule has 0 amide bonds. The number of methoxy groups -OCH3 is 1. The van der Waals surface area contributed by atoms with Crippen LogP contribution in [0.3, 0.4) is 0 Å². The van der Waals surface area contributed by atoms with Gasteiger partial charge in [0, 0.05) is 13.0 Å². The van der Waals surface area contributed by atoms with Crippen molar-refractivity contribution < 1.29 is 17.5 Å². The summed E-state index contributed by atoms with van der Waals surface area (Å²) in [5.41, 5.74) is -0.541. The van der Waals surface area contributed by atoms with Crippen LogP contribution in [-0.2, 0) is 14.6 Å². The summed E-state index contributed by atoms with van der Waals surface area (Å²) in [4.78, 5) is 0.176. The summed E-state index contributed by atoms with van der Waals surface area (Å²) >= 11 is 0. The lowest BCUT2D eigenvalue weighted by Crippen LogP contribution is -2.19. The molecular weight excluding hydrogens is 329 g/mol. The van der Waals surface area contributed by atoms with Crippen LogP contribution < -0.4 is 0 Å². The van der Waals surface area contributed by atoms with Crippen molar-refractivity contribution in [2.45, 2.75) is 16.1 Å². The van der Waals surface area contributed by atoms with E-state index in [9.17, 15) is 18.1 Å². The summed E-state index contributed by atoms with van der Waals surface area (Å²) in [6.07, 6.45) is 0. The number of hydrogen-bond donors (Lipinski definition) is 0. The van der Waals surface area contributed by atoms with Gasteiger partial charge in [-0.05, 0) is 29.8 Å². The number of benzene rings is 2. The molecule has 3 atom stereocenters. The van der Waals surface area contributed by atoms with Crippen molar-refractivity contribution in [3.05, 3.63) is 66.0 Å². The minimum Gasteiger partial charge on any atom is -0.383 e. The Hall–Kier alpha value is -2.23. The third-order valence-corrected chi connectivity index (χ3v) is 6.77. The Morgan fingerprint density at radius 2 is 1.79 bits per heavy atom. The summed E-state index contributed by atoms with van der Waals surface area (Å²) in [5, 5.41) is 8.77. The molecule has 0 saturated heterocycles. The van der Waals surface area contributed by atoms with Crippen molar-refractivity contribution in [3.8, 4) is 6.07 Å². The van der Waals surface area contributed by atoms with Gasteiger partial charge >= 0.3 is 0 Å². The van der Waals surface area contributed by atoms with Gasteiger partial charge in [0.2, 0.25) is 0 Å². The molecule has 1 aliphatic carbocycles. The molecule has 0 aromatic heterocycles. The zero-order chi connectivity index (χ0) is 17.4. The summed E-state index contributed by atoms with van der Waals surface area (Å²) in [5.74, 6) is -0.954. The zero-order valence-electron chi connectivity index (χ0n) is 13.0. The Bertz CT molecular complexity index is 875. The van der Waals surface area contributed by atoms with Crippen LogP contribution in [0.15, 0.2) is 59.5 Å². The van der Waals surface area contributed by atoms with Gasteiger partial charge in [-0.25, -0.2) is 12.8 Å². The van der Waals surface area contributed by atoms with Gasteiger partial charge < -0.3 is 4.74 Å². The highest BCUT2D eigenvalue weighted by Gasteiger charge is 2.72. The van der Waals surface area contributed by atoms with Crippen LogP contribution in [0.25, 0.3) is 0 Å². The van der Waals surface area contributed by atoms with Crippen molar-refractivity contribution in [2.24, 2.45) is 5.41 Å². The number of ether oxygens (including phenoxy) is 1. The van der Waals surface area contributed by atoms with Gasteiger partial charge in [-0.15, -0.1) is 0 Å². The van der Waals surface area contributed by atoms with Crippen molar-refractivity contribution in [3.63, 3.8) is 0 Å². The van der Waals surface area contributed by atoms with Gasteiger partial charge in [0.15, 0.2) is 9.84 Å². The van der Waals surface area contributed by atoms with E-state index in [0.29, 0.717) is 5.56 Å². The Labute approximate surface area is 140 Å². The van der Waals surface area contributed by atoms with E-state index in [1.54, 1.807) is 18.2 Å². The first-order valence-electron chi connectivity index (χ1n) is 7.42. The fraction of sp³-hybridized carbons (Fsp3) is 0.278. The highest BCUT2D eigenvalue weighted by Crippen LogP contribution is 2.63. The first-order chi connectivity index (χ1) is 11.5. The second-order valence-corrected chi connectivity index (χ2v) is 7.96. The molecule has 0 heterocycles. The number of hydrogen-bond acceptors (Lipinski definition) is 4. The molecule has 3 rings (SSSR count). The van der Waals surface area contributed by atoms with Crippen LogP contribution in [0.4, 0.5) is 4.39 Å². The number of rotatable bonds is 5. The number of halogens is 1. The van der Waals surface area contributed by atoms with E-state index in [1.807, 2.05) is 0 Å². The molecule has 0 aliphatic heterocycles. The molecule has 24 heavy (non-hydrogen) atoms. The zero-order valence-corrected chi connectivity index (χ0v) is 13.8. The third kappa shape index (κ3) is 2.50. The summed E-state index contributed by atoms with van der Waals surface area (Å²) in [6.45, 7) is 0.00226. The average molecular weight is 345 g/mol. The standard InChI is InChI=1S/C18H16FNO3S/c1-23-12-18(11-20)16(13-7-9-14(19)10-8-13)17(18)24(21,22)15-5-3-2-4-6-15/h2-10,16-17H,12H2,1H3/t16-,17-,18+/m0/s1. The van der Waals surface area contributed by atoms with E-state index in [0.717, 1.165) is 0 Å². The maximum atomic E-state index is 13.2. The number of nitrogens with zero attached hydrogens (tertiary/aromatic N) is 1. The predicted molar refractivity (Wildman–Crippen MR) is 86.5 cm³/mol. The van der Waals surface area contributed by atoms with E-state index in [4.69, 9.17) is 4.74 Å². The van der Waals surface area contributed by atoms with Crippen molar-refractivity contribution in [1.29, 1.82) is 5.26 Å². The Kier molecular flexibility index (Phi) is 4.16. The second-order valence-electron chi connectivity index (χ2n) is 5.89. The van der Waals surface area contributed by atoms with Gasteiger partial charge in [0.05, 0.1) is 22.8 Å². The molecule has 0 unspecified atom stereocenters. The molecule has 2 aromatic carbocycles. The molecule has 0 radical (unpaired) electrons. The van der Waals surface area contributed by atoms with Gasteiger partial charge in [0.25, 0.3) is 0 Å². The van der Waals surface area contributed by atoms with E-state index < -0.39 is 32.2 Å². The second kappa shape index (κ2) is 6.00. The molecule has 4 nitrogen and oxygen atoms in total. The largest absolute Gasteiger partial charge is 0.383 e. The summed E-state index contributed by atoms with van der Waals surface area (Å²) in [7, 11) is -2.28. The minimum atomic E-state index is -3.71. The van der Waals surface area contributed by atoms with Gasteiger partial charge in [-0.1, -0.05) is 30.3 Å². The minimum absolute atomic E-state index is 0.00226. The van der Waals surface area contributed by atoms with Crippen molar-refractivity contribution in [1.82, 2.24) is 0 Å². The molecule has 6 heteroatoms. The quantitative estimate of drug-likeness (QED) is 0.836. The summed E-state index contributed by atoms with van der Waals surface area (Å²) in [6, 6.07) is 15.8. The van der Waals surface area contributed by atoms with Crippen LogP contribution >= 0.6 is 0 Å². The monoisotopic (exact) mass is 345 g/mol. The van der Waals surface area contributed by atoms with Crippen LogP contribution in [-0.4, -0.2) is 27.4 Å². The predicted octanol–water partition coefficient (Wildman–Crippen LogP) is 2.92. The Morgan fingerprint density at radius 3 is 2.33 bits per heavy atom. The van der Waals surface area contributed by atoms with Gasteiger partial charge in [0.1, 0.15) is 11.2 Å². The molecule has 1 fully saturated rings. The Balaban J connectivity index is 2.08. The van der Waals surface area contributed by atoms with Crippen LogP contribution in [0.1, 0.15) is 11.5 Å². The molecule has 124 valence electrons. The molecule has 1 saturated carbocycles. The first-order valence-corrected chi connectivity index (χ1v) is 8.96. The lowest BCUT2D eigenvalue weighted by atomic mass is 10.0. The fourth-order valence-electron chi connectivity index (χ4n) is 3.34. The smallest absolute Gasteiger partial charge is 0.183 e. The molecule has 0 bridgehead atoms. The van der Waals surface area contributed by atoms with E-state index >= 15 is 0 Å². The number of sulfone groups is 1. The number of nitriles is 1. The molecule has 0 N–H and O–H groups in total. The Morgan fingerprint density at radius 1 is 1.17 bits per heavy atom. The lowest BCUT2D eigenvalue weighted by molar-refractivity contribution is 0.162. The molecule has 1 aliphatic rings. The van der Waals surface area contributed by atoms with Crippen LogP contribution in [0.5, 0.6) is 0 Å². The van der Waals surface area contributed by atoms with Gasteiger partial charge in [-0.2, -0.15) is 5.26 Å². The van der Waals surface area contributed by atoms with Gasteiger partial charge in [-0.3, -0.25) is 0 Å². The summed E-state index contributed by atoms with van der Waals surface area (Å²) < 4.78 is 44.3. The maximum Gasteiger partial charge on any atom is 0.183 e. The first kappa shape index (κ1) is 16.6. The normalized spacial score (nSPS) is 25.9. The lowest BCUT2D eigenvalue weighted by Gasteiger charge is -2.08. The van der Waals surface area contributed by atoms with Crippen molar-refractivity contribution in [2.75, 3.05) is 13.7 Å². The average Bonchev–Trinajstić information content (AvgIpc) is 3.26. The van der Waals surface area contributed by atoms with E-state index in [1.165, 1.54) is 43.5 Å². The van der Waals surface area contributed by atoms with Crippen LogP contribution in [0, 0.1) is 22.6 Å². The van der Waals surface area contributed by atoms with Crippen LogP contribution in [0.2, 0.25) is 0 Å². The third-order valence-electron chi connectivity index (χ3n) is 4.48. The SMILES string of the molecule is COC[C@]1(C#N)[C@@H](c2ccc(F)cc2)[C@@H]1S(=O)(=O)c1ccccc1.